The van der Waals surface area contributed by atoms with Crippen molar-refractivity contribution >= 4 is 11.6 Å². The van der Waals surface area contributed by atoms with E-state index in [0.29, 0.717) is 5.69 Å². The average molecular weight is 401 g/mol. The summed E-state index contributed by atoms with van der Waals surface area (Å²) in [6.45, 7) is 3.34. The number of aromatic nitrogens is 2. The summed E-state index contributed by atoms with van der Waals surface area (Å²) in [6, 6.07) is 13.8. The Bertz CT molecular complexity index is 1090. The lowest BCUT2D eigenvalue weighted by Crippen LogP contribution is -2.33. The van der Waals surface area contributed by atoms with Gasteiger partial charge >= 0.3 is 6.18 Å². The standard InChI is InChI=1S/C21H18F3N3O2/c1-13-7-9-15(10-8-13)17-11-12-19(28)27(26-17)14(2)20(29)25-18-6-4-3-5-16(18)21(22,23)24/h3-12,14H,1-2H3,(H,25,29)/t14-/m1/s1. The molecule has 0 aliphatic heterocycles. The van der Waals surface area contributed by atoms with E-state index in [1.807, 2.05) is 31.2 Å². The van der Waals surface area contributed by atoms with Gasteiger partial charge in [-0.05, 0) is 32.0 Å². The van der Waals surface area contributed by atoms with Gasteiger partial charge in [0.15, 0.2) is 0 Å². The van der Waals surface area contributed by atoms with Gasteiger partial charge in [-0.2, -0.15) is 18.3 Å². The van der Waals surface area contributed by atoms with Crippen LogP contribution < -0.4 is 10.9 Å². The molecule has 150 valence electrons. The molecule has 0 bridgehead atoms. The lowest BCUT2D eigenvalue weighted by Gasteiger charge is -2.17. The van der Waals surface area contributed by atoms with Crippen molar-refractivity contribution in [3.8, 4) is 11.3 Å². The molecule has 0 aliphatic rings. The van der Waals surface area contributed by atoms with Crippen LogP contribution in [-0.4, -0.2) is 15.7 Å². The van der Waals surface area contributed by atoms with Gasteiger partial charge in [0.05, 0.1) is 16.9 Å². The highest BCUT2D eigenvalue weighted by atomic mass is 19.4. The van der Waals surface area contributed by atoms with Crippen molar-refractivity contribution in [1.29, 1.82) is 0 Å². The van der Waals surface area contributed by atoms with Crippen LogP contribution in [-0.2, 0) is 11.0 Å². The molecule has 29 heavy (non-hydrogen) atoms. The third-order valence-electron chi connectivity index (χ3n) is 4.41. The second-order valence-corrected chi connectivity index (χ2v) is 6.58. The van der Waals surface area contributed by atoms with Gasteiger partial charge in [-0.25, -0.2) is 4.68 Å². The van der Waals surface area contributed by atoms with Gasteiger partial charge in [-0.1, -0.05) is 42.0 Å². The quantitative estimate of drug-likeness (QED) is 0.703. The number of alkyl halides is 3. The maximum absolute atomic E-state index is 13.1. The second-order valence-electron chi connectivity index (χ2n) is 6.58. The van der Waals surface area contributed by atoms with Crippen LogP contribution in [0.15, 0.2) is 65.5 Å². The number of hydrogen-bond donors (Lipinski definition) is 1. The van der Waals surface area contributed by atoms with Crippen molar-refractivity contribution in [3.63, 3.8) is 0 Å². The van der Waals surface area contributed by atoms with Crippen molar-refractivity contribution in [3.05, 3.63) is 82.1 Å². The molecule has 0 aliphatic carbocycles. The summed E-state index contributed by atoms with van der Waals surface area (Å²) in [5.74, 6) is -0.780. The highest BCUT2D eigenvalue weighted by Crippen LogP contribution is 2.34. The van der Waals surface area contributed by atoms with E-state index in [2.05, 4.69) is 10.4 Å². The van der Waals surface area contributed by atoms with Crippen molar-refractivity contribution < 1.29 is 18.0 Å². The number of carbonyl (C=O) groups is 1. The normalized spacial score (nSPS) is 12.4. The molecule has 0 fully saturated rings. The van der Waals surface area contributed by atoms with Gasteiger partial charge < -0.3 is 5.32 Å². The van der Waals surface area contributed by atoms with E-state index in [4.69, 9.17) is 0 Å². The molecule has 3 aromatic rings. The Morgan fingerprint density at radius 1 is 1.03 bits per heavy atom. The van der Waals surface area contributed by atoms with Crippen molar-refractivity contribution in [1.82, 2.24) is 9.78 Å². The Labute approximate surface area is 164 Å². The first kappa shape index (κ1) is 20.3. The largest absolute Gasteiger partial charge is 0.418 e. The smallest absolute Gasteiger partial charge is 0.324 e. The fourth-order valence-electron chi connectivity index (χ4n) is 2.77. The fourth-order valence-corrected chi connectivity index (χ4v) is 2.77. The average Bonchev–Trinajstić information content (AvgIpc) is 2.68. The molecule has 1 heterocycles. The number of nitrogens with zero attached hydrogens (tertiary/aromatic N) is 2. The summed E-state index contributed by atoms with van der Waals surface area (Å²) in [6.07, 6.45) is -4.62. The highest BCUT2D eigenvalue weighted by molar-refractivity contribution is 5.94. The van der Waals surface area contributed by atoms with Crippen LogP contribution >= 0.6 is 0 Å². The molecule has 3 rings (SSSR count). The molecule has 8 heteroatoms. The molecular weight excluding hydrogens is 383 g/mol. The van der Waals surface area contributed by atoms with Crippen LogP contribution in [0.2, 0.25) is 0 Å². The van der Waals surface area contributed by atoms with E-state index in [1.54, 1.807) is 0 Å². The lowest BCUT2D eigenvalue weighted by molar-refractivity contribution is -0.137. The minimum atomic E-state index is -4.62. The van der Waals surface area contributed by atoms with Crippen LogP contribution in [0.25, 0.3) is 11.3 Å². The molecule has 1 N–H and O–H groups in total. The van der Waals surface area contributed by atoms with Crippen LogP contribution in [0, 0.1) is 6.92 Å². The number of anilines is 1. The zero-order valence-electron chi connectivity index (χ0n) is 15.7. The van der Waals surface area contributed by atoms with Crippen molar-refractivity contribution in [2.75, 3.05) is 5.32 Å². The van der Waals surface area contributed by atoms with Gasteiger partial charge in [-0.15, -0.1) is 0 Å². The lowest BCUT2D eigenvalue weighted by atomic mass is 10.1. The third kappa shape index (κ3) is 4.53. The second kappa shape index (κ2) is 7.90. The van der Waals surface area contributed by atoms with Gasteiger partial charge in [0.2, 0.25) is 5.91 Å². The monoisotopic (exact) mass is 401 g/mol. The fraction of sp³-hybridized carbons (Fsp3) is 0.190. The zero-order chi connectivity index (χ0) is 21.2. The minimum absolute atomic E-state index is 0.375. The molecule has 0 saturated heterocycles. The van der Waals surface area contributed by atoms with E-state index < -0.39 is 29.2 Å². The number of para-hydroxylation sites is 1. The molecule has 0 unspecified atom stereocenters. The first-order valence-corrected chi connectivity index (χ1v) is 8.81. The Morgan fingerprint density at radius 3 is 2.34 bits per heavy atom. The predicted octanol–water partition coefficient (Wildman–Crippen LogP) is 4.44. The third-order valence-corrected chi connectivity index (χ3v) is 4.41. The molecule has 2 aromatic carbocycles. The Kier molecular flexibility index (Phi) is 5.54. The highest BCUT2D eigenvalue weighted by Gasteiger charge is 2.34. The van der Waals surface area contributed by atoms with Crippen LogP contribution in [0.4, 0.5) is 18.9 Å². The zero-order valence-corrected chi connectivity index (χ0v) is 15.7. The summed E-state index contributed by atoms with van der Waals surface area (Å²) in [7, 11) is 0. The Hall–Kier alpha value is -3.42. The summed E-state index contributed by atoms with van der Waals surface area (Å²) in [5, 5.41) is 6.48. The Balaban J connectivity index is 1.90. The van der Waals surface area contributed by atoms with Gasteiger partial charge in [0.1, 0.15) is 6.04 Å². The van der Waals surface area contributed by atoms with Gasteiger partial charge in [0, 0.05) is 11.6 Å². The maximum atomic E-state index is 13.1. The topological polar surface area (TPSA) is 64.0 Å². The molecule has 1 aromatic heterocycles. The van der Waals surface area contributed by atoms with Crippen LogP contribution in [0.5, 0.6) is 0 Å². The summed E-state index contributed by atoms with van der Waals surface area (Å²) < 4.78 is 40.4. The summed E-state index contributed by atoms with van der Waals surface area (Å²) in [4.78, 5) is 24.8. The number of nitrogens with one attached hydrogen (secondary N) is 1. The van der Waals surface area contributed by atoms with E-state index in [0.717, 1.165) is 27.9 Å². The van der Waals surface area contributed by atoms with E-state index in [-0.39, 0.29) is 5.69 Å². The number of amides is 1. The van der Waals surface area contributed by atoms with E-state index >= 15 is 0 Å². The molecule has 0 saturated carbocycles. The maximum Gasteiger partial charge on any atom is 0.418 e. The predicted molar refractivity (Wildman–Crippen MR) is 103 cm³/mol. The Morgan fingerprint density at radius 2 is 1.69 bits per heavy atom. The number of aryl methyl sites for hydroxylation is 1. The van der Waals surface area contributed by atoms with E-state index in [9.17, 15) is 22.8 Å². The van der Waals surface area contributed by atoms with Crippen LogP contribution in [0.3, 0.4) is 0 Å². The van der Waals surface area contributed by atoms with Crippen molar-refractivity contribution in [2.45, 2.75) is 26.1 Å². The summed E-state index contributed by atoms with van der Waals surface area (Å²) in [5.41, 5.74) is 0.402. The van der Waals surface area contributed by atoms with Crippen LogP contribution in [0.1, 0.15) is 24.1 Å². The molecule has 0 spiro atoms. The summed E-state index contributed by atoms with van der Waals surface area (Å²) >= 11 is 0. The number of rotatable bonds is 4. The number of hydrogen-bond acceptors (Lipinski definition) is 3. The molecule has 0 radical (unpaired) electrons. The molecule has 1 atom stereocenters. The molecular formula is C21H18F3N3O2. The molecule has 5 nitrogen and oxygen atoms in total. The van der Waals surface area contributed by atoms with Gasteiger partial charge in [0.25, 0.3) is 5.56 Å². The van der Waals surface area contributed by atoms with Crippen molar-refractivity contribution in [2.24, 2.45) is 0 Å². The van der Waals surface area contributed by atoms with E-state index in [1.165, 1.54) is 31.2 Å². The first-order valence-electron chi connectivity index (χ1n) is 8.81. The number of carbonyl (C=O) groups excluding carboxylic acids is 1. The van der Waals surface area contributed by atoms with Gasteiger partial charge in [-0.3, -0.25) is 9.59 Å². The SMILES string of the molecule is Cc1ccc(-c2ccc(=O)n([C@H](C)C(=O)Nc3ccccc3C(F)(F)F)n2)cc1. The minimum Gasteiger partial charge on any atom is -0.324 e. The molecule has 1 amide bonds. The first-order chi connectivity index (χ1) is 13.7. The number of halogens is 3. The number of benzene rings is 2.